The van der Waals surface area contributed by atoms with Crippen molar-refractivity contribution in [2.24, 2.45) is 0 Å². The maximum absolute atomic E-state index is 11.7. The monoisotopic (exact) mass is 297 g/mol. The number of carbonyl (C=O) groups excluding carboxylic acids is 1. The molecule has 0 aromatic carbocycles. The van der Waals surface area contributed by atoms with E-state index < -0.39 is 18.0 Å². The van der Waals surface area contributed by atoms with Gasteiger partial charge < -0.3 is 10.4 Å². The lowest BCUT2D eigenvalue weighted by molar-refractivity contribution is -0.139. The van der Waals surface area contributed by atoms with Crippen LogP contribution in [0.3, 0.4) is 0 Å². The van der Waals surface area contributed by atoms with Gasteiger partial charge in [0, 0.05) is 10.8 Å². The van der Waals surface area contributed by atoms with Gasteiger partial charge in [0.05, 0.1) is 5.69 Å². The van der Waals surface area contributed by atoms with Crippen molar-refractivity contribution in [2.45, 2.75) is 38.6 Å². The highest BCUT2D eigenvalue weighted by Crippen LogP contribution is 2.26. The Morgan fingerprint density at radius 3 is 2.65 bits per heavy atom. The van der Waals surface area contributed by atoms with Gasteiger partial charge in [0.15, 0.2) is 5.13 Å². The minimum absolute atomic E-state index is 0.0979. The first-order valence-corrected chi connectivity index (χ1v) is 6.99. The van der Waals surface area contributed by atoms with Gasteiger partial charge in [-0.3, -0.25) is 5.32 Å². The van der Waals surface area contributed by atoms with Crippen molar-refractivity contribution >= 4 is 28.5 Å². The van der Waals surface area contributed by atoms with Crippen LogP contribution in [0.1, 0.15) is 32.9 Å². The summed E-state index contributed by atoms with van der Waals surface area (Å²) in [5, 5.41) is 16.1. The molecule has 1 aromatic rings. The molecule has 0 saturated heterocycles. The summed E-state index contributed by atoms with van der Waals surface area (Å²) in [5.74, 6) is -1.10. The number of nitrogens with one attached hydrogen (secondary N) is 2. The second kappa shape index (κ2) is 6.51. The van der Waals surface area contributed by atoms with Crippen molar-refractivity contribution in [3.63, 3.8) is 0 Å². The molecule has 2 amide bonds. The van der Waals surface area contributed by atoms with E-state index in [1.165, 1.54) is 17.4 Å². The standard InChI is InChI=1S/C13H19N3O3S/c1-5-6-8(10(17)18)14-11(19)16-12-15-9(7-20-12)13(2,3)4/h5,7-8H,1,6H2,2-4H3,(H,17,18)(H2,14,15,16,19). The molecule has 1 unspecified atom stereocenters. The van der Waals surface area contributed by atoms with Crippen LogP contribution in [0.4, 0.5) is 9.93 Å². The number of carbonyl (C=O) groups is 2. The number of nitrogens with zero attached hydrogens (tertiary/aromatic N) is 1. The summed E-state index contributed by atoms with van der Waals surface area (Å²) in [5.41, 5.74) is 0.776. The fraction of sp³-hybridized carbons (Fsp3) is 0.462. The lowest BCUT2D eigenvalue weighted by atomic mass is 9.93. The number of aliphatic carboxylic acids is 1. The molecule has 7 heteroatoms. The van der Waals surface area contributed by atoms with Crippen LogP contribution in [-0.2, 0) is 10.2 Å². The molecule has 20 heavy (non-hydrogen) atoms. The van der Waals surface area contributed by atoms with Crippen LogP contribution in [0.15, 0.2) is 18.0 Å². The van der Waals surface area contributed by atoms with Gasteiger partial charge in [-0.25, -0.2) is 14.6 Å². The normalized spacial score (nSPS) is 12.6. The third kappa shape index (κ3) is 4.65. The lowest BCUT2D eigenvalue weighted by Crippen LogP contribution is -2.42. The Morgan fingerprint density at radius 1 is 1.55 bits per heavy atom. The zero-order valence-corrected chi connectivity index (χ0v) is 12.6. The van der Waals surface area contributed by atoms with E-state index in [-0.39, 0.29) is 11.8 Å². The number of urea groups is 1. The van der Waals surface area contributed by atoms with E-state index in [9.17, 15) is 9.59 Å². The van der Waals surface area contributed by atoms with Crippen LogP contribution in [-0.4, -0.2) is 28.1 Å². The Balaban J connectivity index is 2.64. The number of hydrogen-bond donors (Lipinski definition) is 3. The molecule has 0 aliphatic heterocycles. The predicted molar refractivity (Wildman–Crippen MR) is 79.2 cm³/mol. The Bertz CT molecular complexity index is 505. The second-order valence-electron chi connectivity index (χ2n) is 5.30. The van der Waals surface area contributed by atoms with Gasteiger partial charge in [0.25, 0.3) is 0 Å². The van der Waals surface area contributed by atoms with Gasteiger partial charge in [0.1, 0.15) is 6.04 Å². The van der Waals surface area contributed by atoms with E-state index in [0.717, 1.165) is 5.69 Å². The minimum Gasteiger partial charge on any atom is -0.480 e. The molecule has 0 fully saturated rings. The first-order valence-electron chi connectivity index (χ1n) is 6.11. The minimum atomic E-state index is -1.10. The van der Waals surface area contributed by atoms with Crippen LogP contribution < -0.4 is 10.6 Å². The average Bonchev–Trinajstić information content (AvgIpc) is 2.76. The van der Waals surface area contributed by atoms with Crippen LogP contribution >= 0.6 is 11.3 Å². The van der Waals surface area contributed by atoms with Gasteiger partial charge in [-0.15, -0.1) is 17.9 Å². The van der Waals surface area contributed by atoms with E-state index in [1.54, 1.807) is 0 Å². The number of hydrogen-bond acceptors (Lipinski definition) is 4. The quantitative estimate of drug-likeness (QED) is 0.728. The van der Waals surface area contributed by atoms with Crippen molar-refractivity contribution in [1.82, 2.24) is 10.3 Å². The first kappa shape index (κ1) is 16.2. The van der Waals surface area contributed by atoms with Crippen LogP contribution in [0.2, 0.25) is 0 Å². The zero-order chi connectivity index (χ0) is 15.3. The molecular weight excluding hydrogens is 278 g/mol. The summed E-state index contributed by atoms with van der Waals surface area (Å²) in [4.78, 5) is 26.9. The van der Waals surface area contributed by atoms with Gasteiger partial charge in [-0.1, -0.05) is 26.8 Å². The van der Waals surface area contributed by atoms with Crippen molar-refractivity contribution in [3.05, 3.63) is 23.7 Å². The fourth-order valence-electron chi connectivity index (χ4n) is 1.36. The summed E-state index contributed by atoms with van der Waals surface area (Å²) in [6.07, 6.45) is 1.61. The summed E-state index contributed by atoms with van der Waals surface area (Å²) in [7, 11) is 0. The number of carboxylic acids is 1. The SMILES string of the molecule is C=CCC(NC(=O)Nc1nc(C(C)(C)C)cs1)C(=O)O. The highest BCUT2D eigenvalue weighted by Gasteiger charge is 2.20. The smallest absolute Gasteiger partial charge is 0.326 e. The molecule has 0 saturated carbocycles. The summed E-state index contributed by atoms with van der Waals surface area (Å²) < 4.78 is 0. The molecule has 110 valence electrons. The molecule has 1 heterocycles. The van der Waals surface area contributed by atoms with Crippen molar-refractivity contribution in [1.29, 1.82) is 0 Å². The molecule has 1 rings (SSSR count). The second-order valence-corrected chi connectivity index (χ2v) is 6.16. The number of rotatable bonds is 5. The largest absolute Gasteiger partial charge is 0.480 e. The summed E-state index contributed by atoms with van der Waals surface area (Å²) in [6, 6.07) is -1.58. The molecule has 1 atom stereocenters. The average molecular weight is 297 g/mol. The number of carboxylic acid groups (broad SMARTS) is 1. The third-order valence-corrected chi connectivity index (χ3v) is 3.26. The van der Waals surface area contributed by atoms with E-state index in [0.29, 0.717) is 5.13 Å². The van der Waals surface area contributed by atoms with Crippen LogP contribution in [0.5, 0.6) is 0 Å². The summed E-state index contributed by atoms with van der Waals surface area (Å²) >= 11 is 1.30. The molecule has 1 aromatic heterocycles. The Kier molecular flexibility index (Phi) is 5.26. The Hall–Kier alpha value is -1.89. The van der Waals surface area contributed by atoms with E-state index in [2.05, 4.69) is 22.2 Å². The van der Waals surface area contributed by atoms with Gasteiger partial charge in [-0.05, 0) is 6.42 Å². The molecular formula is C13H19N3O3S. The van der Waals surface area contributed by atoms with E-state index in [4.69, 9.17) is 5.11 Å². The molecule has 3 N–H and O–H groups in total. The Labute approximate surface area is 121 Å². The zero-order valence-electron chi connectivity index (χ0n) is 11.8. The van der Waals surface area contributed by atoms with Gasteiger partial charge in [0.2, 0.25) is 0 Å². The highest BCUT2D eigenvalue weighted by molar-refractivity contribution is 7.13. The van der Waals surface area contributed by atoms with E-state index >= 15 is 0 Å². The molecule has 0 aliphatic carbocycles. The van der Waals surface area contributed by atoms with E-state index in [1.807, 2.05) is 26.2 Å². The van der Waals surface area contributed by atoms with Crippen molar-refractivity contribution < 1.29 is 14.7 Å². The number of thiazole rings is 1. The van der Waals surface area contributed by atoms with Crippen molar-refractivity contribution in [2.75, 3.05) is 5.32 Å². The molecule has 0 aliphatic rings. The fourth-order valence-corrected chi connectivity index (χ4v) is 2.29. The van der Waals surface area contributed by atoms with Crippen molar-refractivity contribution in [3.8, 4) is 0 Å². The Morgan fingerprint density at radius 2 is 2.20 bits per heavy atom. The summed E-state index contributed by atoms with van der Waals surface area (Å²) in [6.45, 7) is 9.53. The van der Waals surface area contributed by atoms with Gasteiger partial charge in [-0.2, -0.15) is 0 Å². The highest BCUT2D eigenvalue weighted by atomic mass is 32.1. The maximum atomic E-state index is 11.7. The molecule has 6 nitrogen and oxygen atoms in total. The maximum Gasteiger partial charge on any atom is 0.326 e. The number of amides is 2. The number of aromatic nitrogens is 1. The van der Waals surface area contributed by atoms with Crippen LogP contribution in [0.25, 0.3) is 0 Å². The predicted octanol–water partition coefficient (Wildman–Crippen LogP) is 2.59. The molecule has 0 bridgehead atoms. The van der Waals surface area contributed by atoms with Gasteiger partial charge >= 0.3 is 12.0 Å². The first-order chi connectivity index (χ1) is 9.24. The molecule has 0 spiro atoms. The molecule has 0 radical (unpaired) electrons. The third-order valence-electron chi connectivity index (χ3n) is 2.50. The number of anilines is 1. The lowest BCUT2D eigenvalue weighted by Gasteiger charge is -2.14. The van der Waals surface area contributed by atoms with Crippen LogP contribution in [0, 0.1) is 0 Å². The topological polar surface area (TPSA) is 91.3 Å².